The van der Waals surface area contributed by atoms with Crippen molar-refractivity contribution in [2.24, 2.45) is 5.92 Å². The summed E-state index contributed by atoms with van der Waals surface area (Å²) in [6.07, 6.45) is 1.33. The lowest BCUT2D eigenvalue weighted by Gasteiger charge is -2.36. The summed E-state index contributed by atoms with van der Waals surface area (Å²) < 4.78 is 5.50. The van der Waals surface area contributed by atoms with Crippen molar-refractivity contribution >= 4 is 5.91 Å². The number of hydrogen-bond acceptors (Lipinski definition) is 3. The number of nitrogens with zero attached hydrogens (tertiary/aromatic N) is 1. The number of aliphatic hydroxyl groups is 1. The van der Waals surface area contributed by atoms with Gasteiger partial charge in [-0.1, -0.05) is 13.8 Å². The molecule has 0 aromatic heterocycles. The van der Waals surface area contributed by atoms with Gasteiger partial charge in [0.1, 0.15) is 0 Å². The highest BCUT2D eigenvalue weighted by molar-refractivity contribution is 5.76. The molecule has 0 aromatic rings. The second-order valence-corrected chi connectivity index (χ2v) is 4.98. The van der Waals surface area contributed by atoms with Crippen LogP contribution in [0.25, 0.3) is 0 Å². The number of hydrogen-bond donors (Lipinski definition) is 1. The summed E-state index contributed by atoms with van der Waals surface area (Å²) >= 11 is 0. The maximum absolute atomic E-state index is 11.9. The van der Waals surface area contributed by atoms with Gasteiger partial charge in [-0.05, 0) is 19.3 Å². The molecule has 1 rings (SSSR count). The highest BCUT2D eigenvalue weighted by atomic mass is 16.5. The first-order valence-corrected chi connectivity index (χ1v) is 6.07. The molecule has 2 atom stereocenters. The Morgan fingerprint density at radius 1 is 1.50 bits per heavy atom. The smallest absolute Gasteiger partial charge is 0.222 e. The fourth-order valence-corrected chi connectivity index (χ4v) is 1.92. The van der Waals surface area contributed by atoms with Crippen molar-refractivity contribution in [1.82, 2.24) is 4.90 Å². The summed E-state index contributed by atoms with van der Waals surface area (Å²) in [5.74, 6) is 0.735. The van der Waals surface area contributed by atoms with Crippen molar-refractivity contribution in [3.8, 4) is 0 Å². The summed E-state index contributed by atoms with van der Waals surface area (Å²) in [7, 11) is 0. The fraction of sp³-hybridized carbons (Fsp3) is 0.917. The molecule has 0 saturated carbocycles. The van der Waals surface area contributed by atoms with Gasteiger partial charge in [-0.25, -0.2) is 0 Å². The molecule has 4 heteroatoms. The van der Waals surface area contributed by atoms with Crippen LogP contribution in [0.4, 0.5) is 0 Å². The zero-order valence-corrected chi connectivity index (χ0v) is 10.5. The van der Waals surface area contributed by atoms with Crippen LogP contribution in [0.2, 0.25) is 0 Å². The third-order valence-electron chi connectivity index (χ3n) is 2.82. The first-order chi connectivity index (χ1) is 7.52. The van der Waals surface area contributed by atoms with Crippen LogP contribution in [-0.2, 0) is 9.53 Å². The molecule has 0 bridgehead atoms. The van der Waals surface area contributed by atoms with Crippen LogP contribution < -0.4 is 0 Å². The molecule has 0 aliphatic carbocycles. The minimum absolute atomic E-state index is 0.0156. The van der Waals surface area contributed by atoms with Gasteiger partial charge in [-0.3, -0.25) is 4.79 Å². The van der Waals surface area contributed by atoms with Gasteiger partial charge in [-0.2, -0.15) is 0 Å². The molecule has 94 valence electrons. The number of morpholine rings is 1. The highest BCUT2D eigenvalue weighted by Crippen LogP contribution is 2.14. The van der Waals surface area contributed by atoms with Gasteiger partial charge in [0.05, 0.1) is 18.8 Å². The Morgan fingerprint density at radius 2 is 2.19 bits per heavy atom. The molecule has 1 heterocycles. The quantitative estimate of drug-likeness (QED) is 0.783. The van der Waals surface area contributed by atoms with Crippen LogP contribution in [0.3, 0.4) is 0 Å². The van der Waals surface area contributed by atoms with E-state index >= 15 is 0 Å². The number of rotatable bonds is 4. The van der Waals surface area contributed by atoms with E-state index in [2.05, 4.69) is 13.8 Å². The molecule has 16 heavy (non-hydrogen) atoms. The van der Waals surface area contributed by atoms with Crippen LogP contribution in [0, 0.1) is 5.92 Å². The fourth-order valence-electron chi connectivity index (χ4n) is 1.92. The van der Waals surface area contributed by atoms with E-state index in [1.165, 1.54) is 0 Å². The normalized spacial score (nSPS) is 26.2. The van der Waals surface area contributed by atoms with Crippen molar-refractivity contribution in [1.29, 1.82) is 0 Å². The van der Waals surface area contributed by atoms with E-state index in [-0.39, 0.29) is 24.7 Å². The molecule has 1 N–H and O–H groups in total. The van der Waals surface area contributed by atoms with E-state index in [4.69, 9.17) is 9.84 Å². The largest absolute Gasteiger partial charge is 0.394 e. The molecule has 1 saturated heterocycles. The van der Waals surface area contributed by atoms with E-state index < -0.39 is 0 Å². The molecule has 4 nitrogen and oxygen atoms in total. The maximum Gasteiger partial charge on any atom is 0.222 e. The molecule has 1 aliphatic heterocycles. The second-order valence-electron chi connectivity index (χ2n) is 4.98. The topological polar surface area (TPSA) is 49.8 Å². The third-order valence-corrected chi connectivity index (χ3v) is 2.82. The average Bonchev–Trinajstić information content (AvgIpc) is 2.24. The minimum atomic E-state index is -0.216. The molecule has 0 radical (unpaired) electrons. The van der Waals surface area contributed by atoms with Gasteiger partial charge in [0.25, 0.3) is 0 Å². The number of amides is 1. The molecule has 1 fully saturated rings. The van der Waals surface area contributed by atoms with Gasteiger partial charge < -0.3 is 14.7 Å². The Bertz CT molecular complexity index is 230. The van der Waals surface area contributed by atoms with Crippen molar-refractivity contribution < 1.29 is 14.6 Å². The first kappa shape index (κ1) is 13.5. The molecule has 0 spiro atoms. The molecule has 2 unspecified atom stereocenters. The molecule has 1 amide bonds. The van der Waals surface area contributed by atoms with Crippen molar-refractivity contribution in [3.63, 3.8) is 0 Å². The van der Waals surface area contributed by atoms with E-state index in [0.717, 1.165) is 6.42 Å². The molecular weight excluding hydrogens is 206 g/mol. The predicted molar refractivity (Wildman–Crippen MR) is 62.1 cm³/mol. The van der Waals surface area contributed by atoms with E-state index in [0.29, 0.717) is 25.4 Å². The number of carbonyl (C=O) groups is 1. The van der Waals surface area contributed by atoms with Crippen LogP contribution in [-0.4, -0.2) is 47.8 Å². The summed E-state index contributed by atoms with van der Waals surface area (Å²) in [6.45, 7) is 7.32. The molecular formula is C12H23NO3. The Hall–Kier alpha value is -0.610. The van der Waals surface area contributed by atoms with E-state index in [1.807, 2.05) is 11.8 Å². The average molecular weight is 229 g/mol. The van der Waals surface area contributed by atoms with E-state index in [9.17, 15) is 4.79 Å². The highest BCUT2D eigenvalue weighted by Gasteiger charge is 2.27. The Labute approximate surface area is 97.6 Å². The molecule has 1 aliphatic rings. The Morgan fingerprint density at radius 3 is 2.75 bits per heavy atom. The lowest BCUT2D eigenvalue weighted by molar-refractivity contribution is -0.147. The zero-order chi connectivity index (χ0) is 12.1. The van der Waals surface area contributed by atoms with Crippen LogP contribution >= 0.6 is 0 Å². The lowest BCUT2D eigenvalue weighted by atomic mass is 10.1. The van der Waals surface area contributed by atoms with Crippen LogP contribution in [0.15, 0.2) is 0 Å². The van der Waals surface area contributed by atoms with Gasteiger partial charge in [-0.15, -0.1) is 0 Å². The summed E-state index contributed by atoms with van der Waals surface area (Å²) in [4.78, 5) is 13.7. The monoisotopic (exact) mass is 229 g/mol. The van der Waals surface area contributed by atoms with Gasteiger partial charge in [0, 0.05) is 19.5 Å². The summed E-state index contributed by atoms with van der Waals surface area (Å²) in [5, 5.41) is 9.06. The standard InChI is InChI=1S/C12H23NO3/c1-9(2)4-5-12(15)13-6-10(3)16-11(7-13)8-14/h9-11,14H,4-8H2,1-3H3. The van der Waals surface area contributed by atoms with Crippen LogP contribution in [0.5, 0.6) is 0 Å². The number of carbonyl (C=O) groups excluding carboxylic acids is 1. The van der Waals surface area contributed by atoms with Crippen molar-refractivity contribution in [2.45, 2.75) is 45.8 Å². The third kappa shape index (κ3) is 4.10. The van der Waals surface area contributed by atoms with Crippen molar-refractivity contribution in [2.75, 3.05) is 19.7 Å². The van der Waals surface area contributed by atoms with E-state index in [1.54, 1.807) is 0 Å². The summed E-state index contributed by atoms with van der Waals surface area (Å²) in [6, 6.07) is 0. The molecule has 0 aromatic carbocycles. The first-order valence-electron chi connectivity index (χ1n) is 6.07. The second kappa shape index (κ2) is 6.21. The minimum Gasteiger partial charge on any atom is -0.394 e. The Balaban J connectivity index is 2.42. The van der Waals surface area contributed by atoms with Crippen molar-refractivity contribution in [3.05, 3.63) is 0 Å². The Kier molecular flexibility index (Phi) is 5.22. The predicted octanol–water partition coefficient (Wildman–Crippen LogP) is 1.03. The lowest BCUT2D eigenvalue weighted by Crippen LogP contribution is -2.50. The van der Waals surface area contributed by atoms with Gasteiger partial charge in [0.15, 0.2) is 0 Å². The number of ether oxygens (including phenoxy) is 1. The number of aliphatic hydroxyl groups excluding tert-OH is 1. The van der Waals surface area contributed by atoms with Gasteiger partial charge in [0.2, 0.25) is 5.91 Å². The SMILES string of the molecule is CC(C)CCC(=O)N1CC(C)OC(CO)C1. The zero-order valence-electron chi connectivity index (χ0n) is 10.5. The summed E-state index contributed by atoms with van der Waals surface area (Å²) in [5.41, 5.74) is 0. The van der Waals surface area contributed by atoms with Gasteiger partial charge >= 0.3 is 0 Å². The van der Waals surface area contributed by atoms with Crippen LogP contribution in [0.1, 0.15) is 33.6 Å². The maximum atomic E-state index is 11.9.